The minimum Gasteiger partial charge on any atom is -0.497 e. The molecule has 1 atom stereocenters. The molecule has 0 saturated carbocycles. The minimum absolute atomic E-state index is 0. The van der Waals surface area contributed by atoms with Crippen LogP contribution in [0.4, 0.5) is 0 Å². The average molecular weight is 412 g/mol. The van der Waals surface area contributed by atoms with E-state index in [1.54, 1.807) is 7.11 Å². The van der Waals surface area contributed by atoms with Crippen molar-refractivity contribution in [3.63, 3.8) is 0 Å². The summed E-state index contributed by atoms with van der Waals surface area (Å²) in [4.78, 5) is 28.8. The van der Waals surface area contributed by atoms with Gasteiger partial charge in [-0.15, -0.1) is 12.4 Å². The Labute approximate surface area is 174 Å². The lowest BCUT2D eigenvalue weighted by atomic mass is 10.0. The first kappa shape index (κ1) is 24.2. The van der Waals surface area contributed by atoms with E-state index in [9.17, 15) is 9.59 Å². The second kappa shape index (κ2) is 11.9. The summed E-state index contributed by atoms with van der Waals surface area (Å²) in [6.45, 7) is 6.66. The van der Waals surface area contributed by atoms with Crippen molar-refractivity contribution >= 4 is 24.2 Å². The highest BCUT2D eigenvalue weighted by Crippen LogP contribution is 2.14. The highest BCUT2D eigenvalue weighted by atomic mass is 35.5. The van der Waals surface area contributed by atoms with E-state index in [4.69, 9.17) is 10.5 Å². The maximum atomic E-state index is 12.6. The summed E-state index contributed by atoms with van der Waals surface area (Å²) in [5, 5.41) is 0. The van der Waals surface area contributed by atoms with Gasteiger partial charge in [0.1, 0.15) is 5.75 Å². The maximum Gasteiger partial charge on any atom is 0.239 e. The molecule has 0 aromatic heterocycles. The molecule has 0 unspecified atom stereocenters. The summed E-state index contributed by atoms with van der Waals surface area (Å²) in [5.74, 6) is 1.37. The lowest BCUT2D eigenvalue weighted by Gasteiger charge is -2.25. The van der Waals surface area contributed by atoms with Crippen molar-refractivity contribution in [2.24, 2.45) is 11.7 Å². The molecule has 1 aromatic carbocycles. The largest absolute Gasteiger partial charge is 0.497 e. The first-order valence-corrected chi connectivity index (χ1v) is 9.85. The van der Waals surface area contributed by atoms with Crippen molar-refractivity contribution in [2.75, 3.05) is 33.3 Å². The van der Waals surface area contributed by atoms with Gasteiger partial charge in [-0.2, -0.15) is 0 Å². The highest BCUT2D eigenvalue weighted by molar-refractivity contribution is 5.85. The number of benzene rings is 1. The van der Waals surface area contributed by atoms with Gasteiger partial charge in [-0.1, -0.05) is 26.0 Å². The number of nitrogens with zero attached hydrogens (tertiary/aromatic N) is 2. The summed E-state index contributed by atoms with van der Waals surface area (Å²) >= 11 is 0. The predicted molar refractivity (Wildman–Crippen MR) is 114 cm³/mol. The van der Waals surface area contributed by atoms with Gasteiger partial charge in [-0.3, -0.25) is 9.59 Å². The van der Waals surface area contributed by atoms with E-state index < -0.39 is 6.04 Å². The van der Waals surface area contributed by atoms with Crippen LogP contribution in [0, 0.1) is 5.92 Å². The smallest absolute Gasteiger partial charge is 0.239 e. The van der Waals surface area contributed by atoms with Crippen LogP contribution >= 0.6 is 12.4 Å². The summed E-state index contributed by atoms with van der Waals surface area (Å²) in [6.07, 6.45) is 2.68. The second-order valence-corrected chi connectivity index (χ2v) is 7.64. The van der Waals surface area contributed by atoms with Crippen LogP contribution in [0.2, 0.25) is 0 Å². The molecular weight excluding hydrogens is 378 g/mol. The Morgan fingerprint density at radius 2 is 1.68 bits per heavy atom. The van der Waals surface area contributed by atoms with Gasteiger partial charge in [0.25, 0.3) is 0 Å². The molecule has 0 aliphatic carbocycles. The molecule has 0 spiro atoms. The Morgan fingerprint density at radius 3 is 2.29 bits per heavy atom. The Morgan fingerprint density at radius 1 is 1.07 bits per heavy atom. The number of amides is 2. The van der Waals surface area contributed by atoms with Crippen molar-refractivity contribution in [3.8, 4) is 5.75 Å². The lowest BCUT2D eigenvalue weighted by Crippen LogP contribution is -2.46. The van der Waals surface area contributed by atoms with Gasteiger partial charge in [0.15, 0.2) is 0 Å². The average Bonchev–Trinajstić information content (AvgIpc) is 2.91. The molecule has 1 aromatic rings. The Balaban J connectivity index is 0.00000392. The monoisotopic (exact) mass is 411 g/mol. The van der Waals surface area contributed by atoms with Gasteiger partial charge in [0.2, 0.25) is 11.8 Å². The fraction of sp³-hybridized carbons (Fsp3) is 0.619. The van der Waals surface area contributed by atoms with Crippen molar-refractivity contribution in [2.45, 2.75) is 45.6 Å². The van der Waals surface area contributed by atoms with Crippen LogP contribution in [0.25, 0.3) is 0 Å². The summed E-state index contributed by atoms with van der Waals surface area (Å²) in [6, 6.07) is 7.36. The van der Waals surface area contributed by atoms with E-state index in [1.165, 1.54) is 0 Å². The molecule has 1 saturated heterocycles. The van der Waals surface area contributed by atoms with Gasteiger partial charge in [0.05, 0.1) is 13.2 Å². The van der Waals surface area contributed by atoms with E-state index in [0.29, 0.717) is 51.4 Å². The number of aryl methyl sites for hydroxylation is 1. The van der Waals surface area contributed by atoms with Crippen LogP contribution in [-0.4, -0.2) is 60.9 Å². The number of carbonyl (C=O) groups is 2. The summed E-state index contributed by atoms with van der Waals surface area (Å²) in [5.41, 5.74) is 7.17. The fourth-order valence-electron chi connectivity index (χ4n) is 3.43. The number of hydrogen-bond acceptors (Lipinski definition) is 4. The first-order valence-electron chi connectivity index (χ1n) is 9.85. The summed E-state index contributed by atoms with van der Waals surface area (Å²) in [7, 11) is 1.64. The fourth-order valence-corrected chi connectivity index (χ4v) is 3.43. The number of methoxy groups -OCH3 is 1. The third-order valence-electron chi connectivity index (χ3n) is 4.99. The van der Waals surface area contributed by atoms with Crippen LogP contribution in [-0.2, 0) is 16.0 Å². The molecule has 1 fully saturated rings. The quantitative estimate of drug-likeness (QED) is 0.747. The molecule has 1 heterocycles. The number of carbonyl (C=O) groups excluding carboxylic acids is 2. The third kappa shape index (κ3) is 7.32. The van der Waals surface area contributed by atoms with Gasteiger partial charge in [0, 0.05) is 32.6 Å². The van der Waals surface area contributed by atoms with E-state index in [1.807, 2.05) is 34.1 Å². The van der Waals surface area contributed by atoms with Crippen LogP contribution in [0.1, 0.15) is 38.7 Å². The molecule has 2 rings (SSSR count). The van der Waals surface area contributed by atoms with Gasteiger partial charge in [-0.05, 0) is 42.9 Å². The van der Waals surface area contributed by atoms with Crippen LogP contribution in [0.15, 0.2) is 24.3 Å². The molecular formula is C21H34ClN3O3. The number of hydrogen-bond donors (Lipinski definition) is 1. The Hall–Kier alpha value is -1.79. The zero-order valence-corrected chi connectivity index (χ0v) is 18.0. The number of nitrogens with two attached hydrogens (primary N) is 1. The van der Waals surface area contributed by atoms with Crippen molar-refractivity contribution < 1.29 is 14.3 Å². The van der Waals surface area contributed by atoms with E-state index in [2.05, 4.69) is 13.8 Å². The second-order valence-electron chi connectivity index (χ2n) is 7.64. The predicted octanol–water partition coefficient (Wildman–Crippen LogP) is 2.48. The summed E-state index contributed by atoms with van der Waals surface area (Å²) < 4.78 is 5.15. The van der Waals surface area contributed by atoms with E-state index in [0.717, 1.165) is 17.7 Å². The van der Waals surface area contributed by atoms with Crippen molar-refractivity contribution in [1.29, 1.82) is 0 Å². The van der Waals surface area contributed by atoms with Crippen molar-refractivity contribution in [1.82, 2.24) is 9.80 Å². The molecule has 7 heteroatoms. The minimum atomic E-state index is -0.442. The molecule has 1 aliphatic heterocycles. The van der Waals surface area contributed by atoms with Crippen LogP contribution < -0.4 is 10.5 Å². The highest BCUT2D eigenvalue weighted by Gasteiger charge is 2.25. The Kier molecular flexibility index (Phi) is 10.3. The van der Waals surface area contributed by atoms with E-state index >= 15 is 0 Å². The normalized spacial score (nSPS) is 15.6. The molecule has 2 N–H and O–H groups in total. The van der Waals surface area contributed by atoms with Crippen LogP contribution in [0.3, 0.4) is 0 Å². The maximum absolute atomic E-state index is 12.6. The standard InChI is InChI=1S/C21H33N3O3.ClH/c1-16(2)15-19(22)21(26)24-12-4-11-23(13-14-24)20(25)10-7-17-5-8-18(27-3)9-6-17;/h5-6,8-9,16,19H,4,7,10-15,22H2,1-3H3;1H/t19-;/m0./s1. The molecule has 0 bridgehead atoms. The third-order valence-corrected chi connectivity index (χ3v) is 4.99. The molecule has 158 valence electrons. The molecule has 28 heavy (non-hydrogen) atoms. The SMILES string of the molecule is COc1ccc(CCC(=O)N2CCCN(C(=O)[C@@H](N)CC(C)C)CC2)cc1.Cl. The van der Waals surface area contributed by atoms with E-state index in [-0.39, 0.29) is 24.2 Å². The topological polar surface area (TPSA) is 75.9 Å². The molecule has 6 nitrogen and oxygen atoms in total. The van der Waals surface area contributed by atoms with Gasteiger partial charge >= 0.3 is 0 Å². The van der Waals surface area contributed by atoms with Gasteiger partial charge < -0.3 is 20.3 Å². The molecule has 2 amide bonds. The lowest BCUT2D eigenvalue weighted by molar-refractivity contribution is -0.134. The van der Waals surface area contributed by atoms with Crippen LogP contribution in [0.5, 0.6) is 5.75 Å². The number of rotatable bonds is 7. The number of ether oxygens (including phenoxy) is 1. The zero-order chi connectivity index (χ0) is 19.8. The zero-order valence-electron chi connectivity index (χ0n) is 17.2. The van der Waals surface area contributed by atoms with Crippen molar-refractivity contribution in [3.05, 3.63) is 29.8 Å². The molecule has 1 aliphatic rings. The Bertz CT molecular complexity index is 622. The number of halogens is 1. The molecule has 0 radical (unpaired) electrons. The first-order chi connectivity index (χ1) is 12.9. The van der Waals surface area contributed by atoms with Gasteiger partial charge in [-0.25, -0.2) is 0 Å².